The maximum absolute atomic E-state index is 13.8. The Hall–Kier alpha value is -3.12. The number of benzene rings is 2. The van der Waals surface area contributed by atoms with Gasteiger partial charge in [0.05, 0.1) is 39.7 Å². The van der Waals surface area contributed by atoms with Crippen molar-refractivity contribution in [3.8, 4) is 17.2 Å². The van der Waals surface area contributed by atoms with Gasteiger partial charge in [-0.1, -0.05) is 29.5 Å². The third-order valence-corrected chi connectivity index (χ3v) is 7.40. The number of allylic oxidation sites excluding steroid dienone is 1. The van der Waals surface area contributed by atoms with Crippen LogP contribution in [0.4, 0.5) is 0 Å². The van der Waals surface area contributed by atoms with Gasteiger partial charge < -0.3 is 19.3 Å². The van der Waals surface area contributed by atoms with E-state index in [1.807, 2.05) is 53.8 Å². The minimum Gasteiger partial charge on any atom is -0.504 e. The molecule has 0 saturated heterocycles. The fourth-order valence-corrected chi connectivity index (χ4v) is 5.74. The van der Waals surface area contributed by atoms with Gasteiger partial charge >= 0.3 is 5.97 Å². The number of methoxy groups -OCH3 is 1. The van der Waals surface area contributed by atoms with Gasteiger partial charge in [-0.15, -0.1) is 0 Å². The minimum atomic E-state index is -0.764. The molecule has 0 spiro atoms. The largest absolute Gasteiger partial charge is 0.504 e. The van der Waals surface area contributed by atoms with E-state index in [1.54, 1.807) is 32.1 Å². The van der Waals surface area contributed by atoms with Gasteiger partial charge in [0.2, 0.25) is 0 Å². The summed E-state index contributed by atoms with van der Waals surface area (Å²) in [5.41, 5.74) is 1.84. The summed E-state index contributed by atoms with van der Waals surface area (Å²) in [5, 5.41) is 10.2. The molecule has 1 aliphatic rings. The van der Waals surface area contributed by atoms with Gasteiger partial charge in [0, 0.05) is 5.56 Å². The number of thiazole rings is 1. The molecule has 1 atom stereocenters. The highest BCUT2D eigenvalue weighted by atomic mass is 127. The van der Waals surface area contributed by atoms with E-state index >= 15 is 0 Å². The Morgan fingerprint density at radius 3 is 2.67 bits per heavy atom. The predicted molar refractivity (Wildman–Crippen MR) is 145 cm³/mol. The maximum atomic E-state index is 13.8. The highest BCUT2D eigenvalue weighted by molar-refractivity contribution is 14.1. The molecule has 0 aliphatic carbocycles. The summed E-state index contributed by atoms with van der Waals surface area (Å²) in [6.45, 7) is 5.98. The lowest BCUT2D eigenvalue weighted by Gasteiger charge is -2.26. The molecule has 1 N–H and O–H groups in total. The number of rotatable bonds is 7. The van der Waals surface area contributed by atoms with Crippen LogP contribution in [0.15, 0.2) is 57.5 Å². The van der Waals surface area contributed by atoms with Crippen molar-refractivity contribution in [2.24, 2.45) is 4.99 Å². The number of halogens is 1. The fraction of sp³-hybridized carbons (Fsp3) is 0.269. The van der Waals surface area contributed by atoms with Crippen molar-refractivity contribution < 1.29 is 24.1 Å². The van der Waals surface area contributed by atoms with Gasteiger partial charge in [-0.2, -0.15) is 0 Å². The SMILES string of the molecule is CCOC(=O)C1=C(C)N=c2s/c(=C\c3cc(I)c(O)c(OC)c3)c(=O)n2[C@H]1c1ccccc1OCC. The fourth-order valence-electron chi connectivity index (χ4n) is 4.06. The van der Waals surface area contributed by atoms with Crippen LogP contribution in [0.5, 0.6) is 17.2 Å². The lowest BCUT2D eigenvalue weighted by atomic mass is 9.95. The second-order valence-corrected chi connectivity index (χ2v) is 10.00. The molecular formula is C26H25IN2O6S. The minimum absolute atomic E-state index is 0.0407. The molecule has 188 valence electrons. The molecule has 1 aromatic heterocycles. The lowest BCUT2D eigenvalue weighted by molar-refractivity contribution is -0.139. The maximum Gasteiger partial charge on any atom is 0.338 e. The van der Waals surface area contributed by atoms with Crippen LogP contribution in [0.2, 0.25) is 0 Å². The van der Waals surface area contributed by atoms with Crippen LogP contribution in [-0.4, -0.2) is 36.0 Å². The topological polar surface area (TPSA) is 99.4 Å². The molecule has 0 bridgehead atoms. The van der Waals surface area contributed by atoms with Crippen molar-refractivity contribution in [1.29, 1.82) is 0 Å². The number of ether oxygens (including phenoxy) is 3. The van der Waals surface area contributed by atoms with E-state index in [4.69, 9.17) is 14.2 Å². The number of aromatic nitrogens is 1. The van der Waals surface area contributed by atoms with Crippen LogP contribution in [-0.2, 0) is 9.53 Å². The lowest BCUT2D eigenvalue weighted by Crippen LogP contribution is -2.40. The number of phenols is 1. The number of carbonyl (C=O) groups excluding carboxylic acids is 1. The molecule has 3 aromatic rings. The van der Waals surface area contributed by atoms with Gasteiger partial charge in [0.1, 0.15) is 11.8 Å². The van der Waals surface area contributed by atoms with Gasteiger partial charge in [-0.25, -0.2) is 9.79 Å². The molecule has 36 heavy (non-hydrogen) atoms. The Morgan fingerprint density at radius 2 is 1.97 bits per heavy atom. The van der Waals surface area contributed by atoms with E-state index in [0.29, 0.717) is 53.4 Å². The number of fused-ring (bicyclic) bond motifs is 1. The molecule has 0 saturated carbocycles. The van der Waals surface area contributed by atoms with E-state index in [-0.39, 0.29) is 17.9 Å². The predicted octanol–water partition coefficient (Wildman–Crippen LogP) is 3.52. The van der Waals surface area contributed by atoms with Crippen molar-refractivity contribution in [3.05, 3.63) is 82.1 Å². The molecule has 1 aliphatic heterocycles. The molecule has 2 aromatic carbocycles. The smallest absolute Gasteiger partial charge is 0.338 e. The summed E-state index contributed by atoms with van der Waals surface area (Å²) in [6.07, 6.45) is 1.73. The molecular weight excluding hydrogens is 595 g/mol. The summed E-state index contributed by atoms with van der Waals surface area (Å²) in [5.74, 6) is 0.403. The first-order valence-corrected chi connectivity index (χ1v) is 13.2. The molecule has 0 amide bonds. The second kappa shape index (κ2) is 10.9. The first-order chi connectivity index (χ1) is 17.3. The van der Waals surface area contributed by atoms with Crippen LogP contribution in [0, 0.1) is 3.57 Å². The first kappa shape index (κ1) is 26.0. The van der Waals surface area contributed by atoms with Gasteiger partial charge in [0.25, 0.3) is 5.56 Å². The number of para-hydroxylation sites is 1. The molecule has 10 heteroatoms. The summed E-state index contributed by atoms with van der Waals surface area (Å²) >= 11 is 3.23. The van der Waals surface area contributed by atoms with Gasteiger partial charge in [0.15, 0.2) is 16.3 Å². The molecule has 0 fully saturated rings. The van der Waals surface area contributed by atoms with Crippen molar-refractivity contribution in [3.63, 3.8) is 0 Å². The van der Waals surface area contributed by atoms with E-state index in [2.05, 4.69) is 4.99 Å². The second-order valence-electron chi connectivity index (χ2n) is 7.83. The molecule has 8 nitrogen and oxygen atoms in total. The Balaban J connectivity index is 1.98. The summed E-state index contributed by atoms with van der Waals surface area (Å²) < 4.78 is 19.0. The van der Waals surface area contributed by atoms with Crippen molar-refractivity contribution in [1.82, 2.24) is 4.57 Å². The van der Waals surface area contributed by atoms with Crippen LogP contribution in [0.3, 0.4) is 0 Å². The van der Waals surface area contributed by atoms with Crippen LogP contribution in [0.1, 0.15) is 37.9 Å². The summed E-state index contributed by atoms with van der Waals surface area (Å²) in [7, 11) is 1.47. The average Bonchev–Trinajstić information content (AvgIpc) is 3.15. The van der Waals surface area contributed by atoms with E-state index in [1.165, 1.54) is 23.0 Å². The zero-order valence-electron chi connectivity index (χ0n) is 20.2. The Kier molecular flexibility index (Phi) is 7.84. The average molecular weight is 620 g/mol. The first-order valence-electron chi connectivity index (χ1n) is 11.3. The van der Waals surface area contributed by atoms with Crippen LogP contribution >= 0.6 is 33.9 Å². The third kappa shape index (κ3) is 4.79. The normalized spacial score (nSPS) is 15.4. The number of carbonyl (C=O) groups is 1. The molecule has 0 unspecified atom stereocenters. The monoisotopic (exact) mass is 620 g/mol. The van der Waals surface area contributed by atoms with Gasteiger partial charge in [-0.3, -0.25) is 9.36 Å². The number of nitrogens with zero attached hydrogens (tertiary/aromatic N) is 2. The zero-order valence-corrected chi connectivity index (χ0v) is 23.2. The highest BCUT2D eigenvalue weighted by Gasteiger charge is 2.35. The highest BCUT2D eigenvalue weighted by Crippen LogP contribution is 2.36. The van der Waals surface area contributed by atoms with E-state index < -0.39 is 12.0 Å². The number of hydrogen-bond acceptors (Lipinski definition) is 8. The van der Waals surface area contributed by atoms with E-state index in [0.717, 1.165) is 0 Å². The quantitative estimate of drug-likeness (QED) is 0.321. The Labute approximate surface area is 225 Å². The number of esters is 1. The van der Waals surface area contributed by atoms with Gasteiger partial charge in [-0.05, 0) is 73.2 Å². The summed E-state index contributed by atoms with van der Waals surface area (Å²) in [4.78, 5) is 31.9. The van der Waals surface area contributed by atoms with E-state index in [9.17, 15) is 14.7 Å². The number of hydrogen-bond donors (Lipinski definition) is 1. The molecule has 0 radical (unpaired) electrons. The van der Waals surface area contributed by atoms with Crippen molar-refractivity contribution in [2.45, 2.75) is 26.8 Å². The Morgan fingerprint density at radius 1 is 1.22 bits per heavy atom. The number of aromatic hydroxyl groups is 1. The molecule has 4 rings (SSSR count). The standard InChI is InChI=1S/C26H25IN2O6S/c1-5-34-18-10-8-7-9-16(18)22-21(25(32)35-6-2)14(3)28-26-29(22)24(31)20(36-26)13-15-11-17(27)23(30)19(12-15)33-4/h7-13,22,30H,5-6H2,1-4H3/b20-13-/t22-/m0/s1. The summed E-state index contributed by atoms with van der Waals surface area (Å²) in [6, 6.07) is 10.0. The number of phenolic OH excluding ortho intramolecular Hbond substituents is 1. The Bertz CT molecular complexity index is 1540. The van der Waals surface area contributed by atoms with Crippen molar-refractivity contribution in [2.75, 3.05) is 20.3 Å². The third-order valence-electron chi connectivity index (χ3n) is 5.60. The zero-order chi connectivity index (χ0) is 26.0. The van der Waals surface area contributed by atoms with Crippen LogP contribution < -0.4 is 24.4 Å². The van der Waals surface area contributed by atoms with Crippen molar-refractivity contribution >= 4 is 46.0 Å². The van der Waals surface area contributed by atoms with Crippen LogP contribution in [0.25, 0.3) is 6.08 Å². The molecule has 2 heterocycles.